The first-order valence-electron chi connectivity index (χ1n) is 9.28. The average Bonchev–Trinajstić information content (AvgIpc) is 2.56. The number of carbonyl (C=O) groups excluding carboxylic acids is 3. The molecule has 0 unspecified atom stereocenters. The number of hydrogen-bond donors (Lipinski definition) is 3. The maximum absolute atomic E-state index is 11.3. The lowest BCUT2D eigenvalue weighted by molar-refractivity contribution is -0.121. The van der Waals surface area contributed by atoms with Gasteiger partial charge < -0.3 is 16.8 Å². The van der Waals surface area contributed by atoms with Gasteiger partial charge in [0.05, 0.1) is 0 Å². The Bertz CT molecular complexity index is 602. The van der Waals surface area contributed by atoms with E-state index in [4.69, 9.17) is 11.5 Å². The second-order valence-electron chi connectivity index (χ2n) is 6.79. The molecule has 5 N–H and O–H groups in total. The molecule has 6 nitrogen and oxygen atoms in total. The maximum atomic E-state index is 11.3. The smallest absolute Gasteiger partial charge is 0.217 e. The number of unbranched alkanes of at least 4 members (excludes halogenated alkanes) is 2. The summed E-state index contributed by atoms with van der Waals surface area (Å²) in [5.41, 5.74) is 12.8. The molecule has 1 rings (SSSR count). The zero-order chi connectivity index (χ0) is 19.4. The van der Waals surface area contributed by atoms with Crippen LogP contribution in [0.2, 0.25) is 0 Å². The largest absolute Gasteiger partial charge is 0.370 e. The Hall–Kier alpha value is -2.37. The van der Waals surface area contributed by atoms with Crippen molar-refractivity contribution in [2.75, 3.05) is 0 Å². The first kappa shape index (κ1) is 21.7. The van der Waals surface area contributed by atoms with Gasteiger partial charge >= 0.3 is 0 Å². The highest BCUT2D eigenvalue weighted by molar-refractivity contribution is 5.75. The molecular formula is C20H31N3O3. The molecule has 1 aromatic carbocycles. The van der Waals surface area contributed by atoms with Crippen LogP contribution in [-0.4, -0.2) is 23.8 Å². The molecule has 0 aliphatic rings. The van der Waals surface area contributed by atoms with Crippen molar-refractivity contribution in [3.05, 3.63) is 35.4 Å². The number of benzene rings is 1. The van der Waals surface area contributed by atoms with Gasteiger partial charge in [0.25, 0.3) is 0 Å². The van der Waals surface area contributed by atoms with Crippen LogP contribution in [0.4, 0.5) is 0 Å². The minimum absolute atomic E-state index is 0.0440. The van der Waals surface area contributed by atoms with Crippen LogP contribution in [0.5, 0.6) is 0 Å². The molecule has 26 heavy (non-hydrogen) atoms. The summed E-state index contributed by atoms with van der Waals surface area (Å²) < 4.78 is 0. The van der Waals surface area contributed by atoms with Crippen LogP contribution in [0.25, 0.3) is 0 Å². The topological polar surface area (TPSA) is 115 Å². The van der Waals surface area contributed by atoms with Gasteiger partial charge in [0, 0.05) is 25.8 Å². The second kappa shape index (κ2) is 12.1. The van der Waals surface area contributed by atoms with E-state index < -0.39 is 0 Å². The van der Waals surface area contributed by atoms with Crippen LogP contribution in [0, 0.1) is 0 Å². The average molecular weight is 361 g/mol. The summed E-state index contributed by atoms with van der Waals surface area (Å²) in [6, 6.07) is 8.38. The van der Waals surface area contributed by atoms with Crippen molar-refractivity contribution in [3.63, 3.8) is 0 Å². The summed E-state index contributed by atoms with van der Waals surface area (Å²) in [6.07, 6.45) is 6.74. The van der Waals surface area contributed by atoms with Gasteiger partial charge in [0.2, 0.25) is 17.7 Å². The monoisotopic (exact) mass is 361 g/mol. The van der Waals surface area contributed by atoms with Gasteiger partial charge in [-0.25, -0.2) is 0 Å². The predicted molar refractivity (Wildman–Crippen MR) is 102 cm³/mol. The Morgan fingerprint density at radius 1 is 0.923 bits per heavy atom. The SMILES string of the molecule is CC(=O)N[C@@H](CCC(N)=O)CCc1cccc(CCCCCC(N)=O)c1. The molecule has 0 aromatic heterocycles. The summed E-state index contributed by atoms with van der Waals surface area (Å²) in [5.74, 6) is -0.681. The highest BCUT2D eigenvalue weighted by Gasteiger charge is 2.11. The molecular weight excluding hydrogens is 330 g/mol. The first-order valence-corrected chi connectivity index (χ1v) is 9.28. The van der Waals surface area contributed by atoms with Crippen LogP contribution in [0.1, 0.15) is 63.0 Å². The molecule has 0 heterocycles. The molecule has 0 aliphatic heterocycles. The fraction of sp³-hybridized carbons (Fsp3) is 0.550. The van der Waals surface area contributed by atoms with Crippen LogP contribution < -0.4 is 16.8 Å². The number of nitrogens with one attached hydrogen (secondary N) is 1. The van der Waals surface area contributed by atoms with Gasteiger partial charge in [-0.05, 0) is 49.7 Å². The summed E-state index contributed by atoms with van der Waals surface area (Å²) in [7, 11) is 0. The van der Waals surface area contributed by atoms with Crippen molar-refractivity contribution < 1.29 is 14.4 Å². The lowest BCUT2D eigenvalue weighted by atomic mass is 9.98. The third-order valence-electron chi connectivity index (χ3n) is 4.31. The molecule has 0 bridgehead atoms. The van der Waals surface area contributed by atoms with E-state index in [-0.39, 0.29) is 30.2 Å². The molecule has 3 amide bonds. The van der Waals surface area contributed by atoms with Crippen LogP contribution in [0.15, 0.2) is 24.3 Å². The predicted octanol–water partition coefficient (Wildman–Crippen LogP) is 1.98. The van der Waals surface area contributed by atoms with Gasteiger partial charge in [0.15, 0.2) is 0 Å². The van der Waals surface area contributed by atoms with E-state index in [1.807, 2.05) is 6.07 Å². The van der Waals surface area contributed by atoms with Crippen molar-refractivity contribution in [2.45, 2.75) is 70.8 Å². The summed E-state index contributed by atoms with van der Waals surface area (Å²) in [4.78, 5) is 33.0. The van der Waals surface area contributed by atoms with Gasteiger partial charge in [-0.1, -0.05) is 30.7 Å². The third kappa shape index (κ3) is 10.5. The molecule has 1 atom stereocenters. The van der Waals surface area contributed by atoms with Crippen molar-refractivity contribution >= 4 is 17.7 Å². The molecule has 0 spiro atoms. The van der Waals surface area contributed by atoms with Crippen molar-refractivity contribution in [3.8, 4) is 0 Å². The Morgan fingerprint density at radius 2 is 1.58 bits per heavy atom. The molecule has 0 radical (unpaired) electrons. The number of hydrogen-bond acceptors (Lipinski definition) is 3. The lowest BCUT2D eigenvalue weighted by Gasteiger charge is -2.17. The van der Waals surface area contributed by atoms with E-state index in [2.05, 4.69) is 23.5 Å². The fourth-order valence-electron chi connectivity index (χ4n) is 2.98. The highest BCUT2D eigenvalue weighted by atomic mass is 16.2. The summed E-state index contributed by atoms with van der Waals surface area (Å²) in [5, 5.41) is 2.89. The normalized spacial score (nSPS) is 11.7. The van der Waals surface area contributed by atoms with Gasteiger partial charge in [-0.3, -0.25) is 14.4 Å². The van der Waals surface area contributed by atoms with E-state index in [1.54, 1.807) is 0 Å². The van der Waals surface area contributed by atoms with E-state index in [1.165, 1.54) is 18.1 Å². The minimum atomic E-state index is -0.348. The maximum Gasteiger partial charge on any atom is 0.217 e. The highest BCUT2D eigenvalue weighted by Crippen LogP contribution is 2.14. The summed E-state index contributed by atoms with van der Waals surface area (Å²) in [6.45, 7) is 1.48. The van der Waals surface area contributed by atoms with E-state index >= 15 is 0 Å². The number of amides is 3. The number of nitrogens with two attached hydrogens (primary N) is 2. The van der Waals surface area contributed by atoms with Crippen LogP contribution in [-0.2, 0) is 27.2 Å². The Labute approximate surface area is 155 Å². The Morgan fingerprint density at radius 3 is 2.19 bits per heavy atom. The zero-order valence-electron chi connectivity index (χ0n) is 15.6. The third-order valence-corrected chi connectivity index (χ3v) is 4.31. The molecule has 6 heteroatoms. The van der Waals surface area contributed by atoms with Gasteiger partial charge in [-0.2, -0.15) is 0 Å². The number of primary amides is 2. The summed E-state index contributed by atoms with van der Waals surface area (Å²) >= 11 is 0. The molecule has 0 saturated carbocycles. The van der Waals surface area contributed by atoms with Crippen molar-refractivity contribution in [1.29, 1.82) is 0 Å². The van der Waals surface area contributed by atoms with Crippen LogP contribution >= 0.6 is 0 Å². The van der Waals surface area contributed by atoms with E-state index in [0.717, 1.165) is 38.5 Å². The van der Waals surface area contributed by atoms with E-state index in [9.17, 15) is 14.4 Å². The molecule has 0 fully saturated rings. The lowest BCUT2D eigenvalue weighted by Crippen LogP contribution is -2.34. The van der Waals surface area contributed by atoms with Crippen molar-refractivity contribution in [2.24, 2.45) is 11.5 Å². The molecule has 1 aromatic rings. The van der Waals surface area contributed by atoms with Gasteiger partial charge in [-0.15, -0.1) is 0 Å². The first-order chi connectivity index (χ1) is 12.4. The van der Waals surface area contributed by atoms with Crippen LogP contribution in [0.3, 0.4) is 0 Å². The standard InChI is InChI=1S/C20H31N3O3/c1-15(24)23-18(12-13-20(22)26)11-10-17-8-5-7-16(14-17)6-3-2-4-9-19(21)25/h5,7-8,14,18H,2-4,6,9-13H2,1H3,(H2,21,25)(H2,22,26)(H,23,24)/t18-/m1/s1. The Kier molecular flexibility index (Phi) is 10.1. The van der Waals surface area contributed by atoms with E-state index in [0.29, 0.717) is 12.8 Å². The van der Waals surface area contributed by atoms with Crippen molar-refractivity contribution in [1.82, 2.24) is 5.32 Å². The Balaban J connectivity index is 2.45. The molecule has 0 aliphatic carbocycles. The zero-order valence-corrected chi connectivity index (χ0v) is 15.6. The number of rotatable bonds is 13. The number of aryl methyl sites for hydroxylation is 2. The minimum Gasteiger partial charge on any atom is -0.370 e. The quantitative estimate of drug-likeness (QED) is 0.466. The molecule has 144 valence electrons. The second-order valence-corrected chi connectivity index (χ2v) is 6.79. The molecule has 0 saturated heterocycles. The fourth-order valence-corrected chi connectivity index (χ4v) is 2.98. The van der Waals surface area contributed by atoms with Gasteiger partial charge in [0.1, 0.15) is 0 Å². The number of carbonyl (C=O) groups is 3.